The van der Waals surface area contributed by atoms with Crippen molar-refractivity contribution in [3.05, 3.63) is 104 Å². The largest absolute Gasteiger partial charge is 0.489 e. The zero-order chi connectivity index (χ0) is 24.9. The first-order valence-electron chi connectivity index (χ1n) is 11.2. The monoisotopic (exact) mass is 487 g/mol. The Morgan fingerprint density at radius 3 is 2.29 bits per heavy atom. The number of carbonyl (C=O) groups excluding carboxylic acids is 1. The summed E-state index contributed by atoms with van der Waals surface area (Å²) in [6, 6.07) is 19.8. The first-order chi connectivity index (χ1) is 16.9. The van der Waals surface area contributed by atoms with E-state index in [4.69, 9.17) is 9.73 Å². The molecule has 1 fully saturated rings. The third-order valence-electron chi connectivity index (χ3n) is 5.58. The highest BCUT2D eigenvalue weighted by molar-refractivity contribution is 8.18. The van der Waals surface area contributed by atoms with Gasteiger partial charge >= 0.3 is 0 Å². The zero-order valence-electron chi connectivity index (χ0n) is 19.7. The van der Waals surface area contributed by atoms with Crippen LogP contribution in [0.15, 0.2) is 76.6 Å². The number of hydrogen-bond acceptors (Lipinski definition) is 6. The van der Waals surface area contributed by atoms with E-state index in [-0.39, 0.29) is 11.6 Å². The average molecular weight is 488 g/mol. The van der Waals surface area contributed by atoms with Crippen molar-refractivity contribution in [2.24, 2.45) is 4.99 Å². The predicted molar refractivity (Wildman–Crippen MR) is 140 cm³/mol. The molecule has 1 heterocycles. The summed E-state index contributed by atoms with van der Waals surface area (Å²) in [5, 5.41) is 11.5. The van der Waals surface area contributed by atoms with Crippen molar-refractivity contribution < 1.29 is 14.5 Å². The van der Waals surface area contributed by atoms with E-state index >= 15 is 0 Å². The molecule has 0 aliphatic carbocycles. The van der Waals surface area contributed by atoms with E-state index in [0.29, 0.717) is 29.0 Å². The number of nitrogens with zero attached hydrogens (tertiary/aromatic N) is 3. The van der Waals surface area contributed by atoms with Gasteiger partial charge in [-0.3, -0.25) is 19.8 Å². The summed E-state index contributed by atoms with van der Waals surface area (Å²) in [6.07, 6.45) is 1.86. The topological polar surface area (TPSA) is 85.0 Å². The van der Waals surface area contributed by atoms with Gasteiger partial charge in [-0.25, -0.2) is 4.99 Å². The summed E-state index contributed by atoms with van der Waals surface area (Å²) in [5.41, 5.74) is 4.82. The van der Waals surface area contributed by atoms with Crippen LogP contribution in [0.4, 0.5) is 11.4 Å². The van der Waals surface area contributed by atoms with Crippen LogP contribution in [0.5, 0.6) is 5.75 Å². The summed E-state index contributed by atoms with van der Waals surface area (Å²) in [4.78, 5) is 30.5. The van der Waals surface area contributed by atoms with E-state index in [9.17, 15) is 14.9 Å². The van der Waals surface area contributed by atoms with Gasteiger partial charge in [-0.05, 0) is 85.1 Å². The molecule has 8 heteroatoms. The molecule has 0 aromatic heterocycles. The molecule has 3 aromatic rings. The van der Waals surface area contributed by atoms with E-state index in [1.807, 2.05) is 69.3 Å². The number of ether oxygens (including phenoxy) is 1. The van der Waals surface area contributed by atoms with Gasteiger partial charge in [-0.15, -0.1) is 0 Å². The molecule has 7 nitrogen and oxygen atoms in total. The molecular formula is C27H25N3O4S. The number of aryl methyl sites for hydroxylation is 2. The van der Waals surface area contributed by atoms with Crippen molar-refractivity contribution >= 4 is 40.3 Å². The number of amides is 1. The Hall–Kier alpha value is -3.91. The second kappa shape index (κ2) is 10.6. The van der Waals surface area contributed by atoms with Crippen LogP contribution < -0.4 is 4.74 Å². The van der Waals surface area contributed by atoms with E-state index in [0.717, 1.165) is 27.9 Å². The molecule has 0 spiro atoms. The maximum absolute atomic E-state index is 13.0. The number of likely N-dealkylation sites (N-methyl/N-ethyl adjacent to an activating group) is 1. The van der Waals surface area contributed by atoms with Crippen molar-refractivity contribution in [1.29, 1.82) is 0 Å². The van der Waals surface area contributed by atoms with Gasteiger partial charge in [0.15, 0.2) is 5.17 Å². The Balaban J connectivity index is 1.46. The highest BCUT2D eigenvalue weighted by atomic mass is 32.2. The number of benzene rings is 3. The molecule has 1 saturated heterocycles. The smallest absolute Gasteiger partial charge is 0.269 e. The molecule has 0 N–H and O–H groups in total. The molecule has 0 atom stereocenters. The van der Waals surface area contributed by atoms with Crippen molar-refractivity contribution in [1.82, 2.24) is 4.90 Å². The van der Waals surface area contributed by atoms with Crippen LogP contribution in [-0.2, 0) is 11.4 Å². The molecule has 1 amide bonds. The molecule has 178 valence electrons. The summed E-state index contributed by atoms with van der Waals surface area (Å²) in [6.45, 7) is 6.83. The van der Waals surface area contributed by atoms with Crippen molar-refractivity contribution in [2.75, 3.05) is 6.54 Å². The number of nitro benzene ring substituents is 1. The minimum absolute atomic E-state index is 0.0503. The maximum atomic E-state index is 13.0. The summed E-state index contributed by atoms with van der Waals surface area (Å²) < 4.78 is 5.79. The van der Waals surface area contributed by atoms with E-state index in [1.54, 1.807) is 17.0 Å². The third kappa shape index (κ3) is 5.60. The second-order valence-corrected chi connectivity index (χ2v) is 9.09. The summed E-state index contributed by atoms with van der Waals surface area (Å²) >= 11 is 1.38. The lowest BCUT2D eigenvalue weighted by atomic mass is 10.1. The number of para-hydroxylation sites is 1. The minimum atomic E-state index is -0.427. The molecule has 1 aliphatic rings. The van der Waals surface area contributed by atoms with Crippen LogP contribution in [0.1, 0.15) is 29.2 Å². The van der Waals surface area contributed by atoms with E-state index in [2.05, 4.69) is 0 Å². The van der Waals surface area contributed by atoms with Crippen LogP contribution >= 0.6 is 11.8 Å². The Morgan fingerprint density at radius 1 is 1.03 bits per heavy atom. The number of amidine groups is 1. The van der Waals surface area contributed by atoms with Gasteiger partial charge in [0, 0.05) is 18.7 Å². The molecular weight excluding hydrogens is 462 g/mol. The van der Waals surface area contributed by atoms with Crippen LogP contribution in [0.3, 0.4) is 0 Å². The molecule has 0 radical (unpaired) electrons. The van der Waals surface area contributed by atoms with Crippen molar-refractivity contribution in [3.8, 4) is 5.75 Å². The van der Waals surface area contributed by atoms with Crippen LogP contribution in [0.2, 0.25) is 0 Å². The van der Waals surface area contributed by atoms with Crippen LogP contribution in [0.25, 0.3) is 6.08 Å². The van der Waals surface area contributed by atoms with Gasteiger partial charge in [0.2, 0.25) is 0 Å². The fraction of sp³-hybridized carbons (Fsp3) is 0.185. The second-order valence-electron chi connectivity index (χ2n) is 8.08. The summed E-state index contributed by atoms with van der Waals surface area (Å²) in [7, 11) is 0. The van der Waals surface area contributed by atoms with Crippen LogP contribution in [-0.4, -0.2) is 27.4 Å². The SMILES string of the molecule is CCN1C(=O)/C(=C\c2ccc(OCc3ccc([N+](=O)[O-])cc3)cc2)SC1=Nc1c(C)cccc1C. The molecule has 0 bridgehead atoms. The Bertz CT molecular complexity index is 1300. The lowest BCUT2D eigenvalue weighted by Gasteiger charge is -2.13. The van der Waals surface area contributed by atoms with Gasteiger partial charge in [0.25, 0.3) is 11.6 Å². The quantitative estimate of drug-likeness (QED) is 0.218. The Kier molecular flexibility index (Phi) is 7.31. The summed E-state index contributed by atoms with van der Waals surface area (Å²) in [5.74, 6) is 0.615. The van der Waals surface area contributed by atoms with E-state index in [1.165, 1.54) is 23.9 Å². The van der Waals surface area contributed by atoms with Gasteiger partial charge in [-0.1, -0.05) is 30.3 Å². The predicted octanol–water partition coefficient (Wildman–Crippen LogP) is 6.41. The number of aliphatic imine (C=N–C) groups is 1. The highest BCUT2D eigenvalue weighted by Crippen LogP contribution is 2.35. The van der Waals surface area contributed by atoms with Gasteiger partial charge in [0.1, 0.15) is 12.4 Å². The highest BCUT2D eigenvalue weighted by Gasteiger charge is 2.32. The lowest BCUT2D eigenvalue weighted by Crippen LogP contribution is -2.28. The molecule has 35 heavy (non-hydrogen) atoms. The Labute approximate surface area is 208 Å². The van der Waals surface area contributed by atoms with Crippen molar-refractivity contribution in [3.63, 3.8) is 0 Å². The first kappa shape index (κ1) is 24.2. The lowest BCUT2D eigenvalue weighted by molar-refractivity contribution is -0.384. The van der Waals surface area contributed by atoms with Gasteiger partial charge in [-0.2, -0.15) is 0 Å². The van der Waals surface area contributed by atoms with Crippen molar-refractivity contribution in [2.45, 2.75) is 27.4 Å². The zero-order valence-corrected chi connectivity index (χ0v) is 20.5. The third-order valence-corrected chi connectivity index (χ3v) is 6.59. The molecule has 1 aliphatic heterocycles. The van der Waals surface area contributed by atoms with Gasteiger partial charge < -0.3 is 4.74 Å². The number of nitro groups is 1. The van der Waals surface area contributed by atoms with Gasteiger partial charge in [0.05, 0.1) is 15.5 Å². The number of hydrogen-bond donors (Lipinski definition) is 0. The van der Waals surface area contributed by atoms with E-state index < -0.39 is 4.92 Å². The standard InChI is InChI=1S/C27H25N3O4S/c1-4-29-26(31)24(35-27(29)28-25-18(2)6-5-7-19(25)3)16-20-10-14-23(15-11-20)34-17-21-8-12-22(13-9-21)30(32)33/h5-16H,4,17H2,1-3H3/b24-16+,28-27?. The van der Waals surface area contributed by atoms with Crippen LogP contribution in [0, 0.1) is 24.0 Å². The average Bonchev–Trinajstić information content (AvgIpc) is 3.15. The maximum Gasteiger partial charge on any atom is 0.269 e. The normalized spacial score (nSPS) is 15.7. The fourth-order valence-electron chi connectivity index (χ4n) is 3.64. The number of rotatable bonds is 7. The number of thioether (sulfide) groups is 1. The minimum Gasteiger partial charge on any atom is -0.489 e. The molecule has 0 saturated carbocycles. The fourth-order valence-corrected chi connectivity index (χ4v) is 4.69. The number of carbonyl (C=O) groups is 1. The molecule has 3 aromatic carbocycles. The molecule has 0 unspecified atom stereocenters. The Morgan fingerprint density at radius 2 is 1.69 bits per heavy atom. The molecule has 4 rings (SSSR count). The number of non-ortho nitro benzene ring substituents is 1. The first-order valence-corrected chi connectivity index (χ1v) is 12.0.